The van der Waals surface area contributed by atoms with Crippen LogP contribution in [-0.2, 0) is 25.5 Å². The number of methoxy groups -OCH3 is 1. The molecule has 2 amide bonds. The molecule has 3 heterocycles. The van der Waals surface area contributed by atoms with Gasteiger partial charge < -0.3 is 24.6 Å². The van der Waals surface area contributed by atoms with Crippen LogP contribution < -0.4 is 10.1 Å². The Balaban J connectivity index is 1.76. The van der Waals surface area contributed by atoms with Crippen molar-refractivity contribution in [2.24, 2.45) is 5.41 Å². The Morgan fingerprint density at radius 3 is 2.68 bits per heavy atom. The lowest BCUT2D eigenvalue weighted by Gasteiger charge is -2.36. The summed E-state index contributed by atoms with van der Waals surface area (Å²) in [6.45, 7) is 5.60. The standard InChI is InChI=1S/C27H35N3O7/c1-27(2,3)21-23(31)30-19(25(32)33)15-20(24(30)35-4)37-22-18-14-16(9-10-17(18)11-12-28-22)8-6-5-7-13-36-26(34)29-21/h9-12,14,19-21,24H,5-8,13,15H2,1-4H3,(H,29,34)(H,32,33)/t19-,20-,21+,24+/m0/s1. The number of nitrogens with zero attached hydrogens (tertiary/aromatic N) is 2. The van der Waals surface area contributed by atoms with Gasteiger partial charge in [-0.05, 0) is 54.2 Å². The molecule has 10 heteroatoms. The molecule has 2 aliphatic heterocycles. The zero-order valence-electron chi connectivity index (χ0n) is 21.7. The van der Waals surface area contributed by atoms with Gasteiger partial charge in [-0.25, -0.2) is 14.6 Å². The van der Waals surface area contributed by atoms with Gasteiger partial charge in [0.2, 0.25) is 11.8 Å². The van der Waals surface area contributed by atoms with E-state index >= 15 is 0 Å². The number of aromatic nitrogens is 1. The number of carbonyl (C=O) groups excluding carboxylic acids is 2. The predicted molar refractivity (Wildman–Crippen MR) is 135 cm³/mol. The van der Waals surface area contributed by atoms with E-state index in [1.807, 2.05) is 18.2 Å². The SMILES string of the molecule is CO[C@@H]1[C@@H]2C[C@@H](C(=O)O)N1C(=O)[C@H](C(C)(C)C)NC(=O)OCCCCCc1ccc3ccnc(c3c1)O2. The molecule has 1 aromatic heterocycles. The first-order chi connectivity index (χ1) is 17.6. The largest absolute Gasteiger partial charge is 0.480 e. The Morgan fingerprint density at radius 1 is 1.19 bits per heavy atom. The van der Waals surface area contributed by atoms with Crippen LogP contribution >= 0.6 is 0 Å². The van der Waals surface area contributed by atoms with Gasteiger partial charge in [0.25, 0.3) is 0 Å². The maximum atomic E-state index is 13.8. The fourth-order valence-electron chi connectivity index (χ4n) is 4.99. The molecule has 1 aromatic carbocycles. The molecule has 2 aliphatic rings. The Labute approximate surface area is 216 Å². The van der Waals surface area contributed by atoms with Crippen molar-refractivity contribution in [2.75, 3.05) is 13.7 Å². The molecule has 0 unspecified atom stereocenters. The zero-order chi connectivity index (χ0) is 26.7. The van der Waals surface area contributed by atoms with Crippen molar-refractivity contribution in [3.63, 3.8) is 0 Å². The third kappa shape index (κ3) is 5.79. The number of alkyl carbamates (subject to hydrolysis) is 1. The molecular formula is C27H35N3O7. The Kier molecular flexibility index (Phi) is 7.87. The lowest BCUT2D eigenvalue weighted by atomic mass is 9.85. The molecule has 0 spiro atoms. The average Bonchev–Trinajstić information content (AvgIpc) is 3.22. The highest BCUT2D eigenvalue weighted by Crippen LogP contribution is 2.34. The van der Waals surface area contributed by atoms with Crippen LogP contribution in [0.1, 0.15) is 52.0 Å². The van der Waals surface area contributed by atoms with E-state index < -0.39 is 47.8 Å². The Hall–Kier alpha value is -3.40. The normalized spacial score (nSPS) is 25.7. The van der Waals surface area contributed by atoms with Crippen molar-refractivity contribution in [1.82, 2.24) is 15.2 Å². The van der Waals surface area contributed by atoms with Gasteiger partial charge in [0.1, 0.15) is 18.2 Å². The first-order valence-electron chi connectivity index (χ1n) is 12.7. The van der Waals surface area contributed by atoms with E-state index in [9.17, 15) is 19.5 Å². The number of aliphatic carboxylic acids is 1. The number of hydrogen-bond donors (Lipinski definition) is 2. The molecule has 1 saturated heterocycles. The fraction of sp³-hybridized carbons (Fsp3) is 0.556. The van der Waals surface area contributed by atoms with Crippen molar-refractivity contribution >= 4 is 28.7 Å². The smallest absolute Gasteiger partial charge is 0.407 e. The highest BCUT2D eigenvalue weighted by molar-refractivity contribution is 5.91. The molecule has 2 aromatic rings. The van der Waals surface area contributed by atoms with E-state index in [2.05, 4.69) is 16.4 Å². The van der Waals surface area contributed by atoms with Gasteiger partial charge in [-0.2, -0.15) is 0 Å². The number of nitrogens with one attached hydrogen (secondary N) is 1. The number of carbonyl (C=O) groups is 3. The van der Waals surface area contributed by atoms with E-state index in [0.29, 0.717) is 12.3 Å². The minimum Gasteiger partial charge on any atom is -0.480 e. The molecule has 4 bridgehead atoms. The van der Waals surface area contributed by atoms with Gasteiger partial charge in [-0.1, -0.05) is 32.9 Å². The summed E-state index contributed by atoms with van der Waals surface area (Å²) in [5.41, 5.74) is 0.387. The second-order valence-electron chi connectivity index (χ2n) is 10.7. The summed E-state index contributed by atoms with van der Waals surface area (Å²) in [4.78, 5) is 44.3. The lowest BCUT2D eigenvalue weighted by Crippen LogP contribution is -2.59. The third-order valence-corrected chi connectivity index (χ3v) is 6.94. The number of fused-ring (bicyclic) bond motifs is 3. The summed E-state index contributed by atoms with van der Waals surface area (Å²) >= 11 is 0. The molecule has 200 valence electrons. The van der Waals surface area contributed by atoms with Gasteiger partial charge in [0.15, 0.2) is 6.23 Å². The van der Waals surface area contributed by atoms with Gasteiger partial charge in [0.05, 0.1) is 6.61 Å². The highest BCUT2D eigenvalue weighted by Gasteiger charge is 2.52. The zero-order valence-corrected chi connectivity index (χ0v) is 21.7. The molecule has 1 fully saturated rings. The van der Waals surface area contributed by atoms with Crippen LogP contribution in [0.25, 0.3) is 10.8 Å². The Morgan fingerprint density at radius 2 is 1.97 bits per heavy atom. The summed E-state index contributed by atoms with van der Waals surface area (Å²) in [5, 5.41) is 14.5. The summed E-state index contributed by atoms with van der Waals surface area (Å²) in [7, 11) is 1.40. The molecule has 4 rings (SSSR count). The molecule has 2 N–H and O–H groups in total. The highest BCUT2D eigenvalue weighted by atomic mass is 16.6. The molecule has 4 atom stereocenters. The number of benzene rings is 1. The monoisotopic (exact) mass is 513 g/mol. The van der Waals surface area contributed by atoms with Gasteiger partial charge in [-0.15, -0.1) is 0 Å². The van der Waals surface area contributed by atoms with Gasteiger partial charge in [0, 0.05) is 25.1 Å². The molecule has 0 radical (unpaired) electrons. The number of carboxylic acid groups (broad SMARTS) is 1. The number of pyridine rings is 1. The van der Waals surface area contributed by atoms with Crippen LogP contribution in [0.5, 0.6) is 5.88 Å². The Bertz CT molecular complexity index is 1160. The van der Waals surface area contributed by atoms with Crippen molar-refractivity contribution in [1.29, 1.82) is 0 Å². The number of cyclic esters (lactones) is 1. The van der Waals surface area contributed by atoms with E-state index in [1.54, 1.807) is 27.0 Å². The average molecular weight is 514 g/mol. The molecule has 0 saturated carbocycles. The number of rotatable bonds is 2. The first kappa shape index (κ1) is 26.7. The van der Waals surface area contributed by atoms with Crippen LogP contribution in [0.3, 0.4) is 0 Å². The topological polar surface area (TPSA) is 127 Å². The van der Waals surface area contributed by atoms with Crippen LogP contribution in [0.2, 0.25) is 0 Å². The molecular weight excluding hydrogens is 478 g/mol. The summed E-state index contributed by atoms with van der Waals surface area (Å²) < 4.78 is 17.3. The number of aryl methyl sites for hydroxylation is 1. The molecule has 37 heavy (non-hydrogen) atoms. The fourth-order valence-corrected chi connectivity index (χ4v) is 4.99. The predicted octanol–water partition coefficient (Wildman–Crippen LogP) is 3.51. The number of amides is 2. The van der Waals surface area contributed by atoms with E-state index in [0.717, 1.165) is 35.6 Å². The number of hydrogen-bond acceptors (Lipinski definition) is 7. The van der Waals surface area contributed by atoms with E-state index in [-0.39, 0.29) is 13.0 Å². The van der Waals surface area contributed by atoms with E-state index in [1.165, 1.54) is 12.0 Å². The summed E-state index contributed by atoms with van der Waals surface area (Å²) in [6, 6.07) is 5.75. The van der Waals surface area contributed by atoms with Crippen molar-refractivity contribution in [3.8, 4) is 5.88 Å². The van der Waals surface area contributed by atoms with Crippen molar-refractivity contribution in [3.05, 3.63) is 36.0 Å². The second kappa shape index (κ2) is 10.9. The third-order valence-electron chi connectivity index (χ3n) is 6.94. The minimum absolute atomic E-state index is 0.00134. The number of ether oxygens (including phenoxy) is 3. The molecule has 10 nitrogen and oxygen atoms in total. The lowest BCUT2D eigenvalue weighted by molar-refractivity contribution is -0.161. The molecule has 0 aliphatic carbocycles. The maximum absolute atomic E-state index is 13.8. The van der Waals surface area contributed by atoms with Crippen LogP contribution in [0, 0.1) is 5.41 Å². The van der Waals surface area contributed by atoms with Crippen LogP contribution in [0.4, 0.5) is 4.79 Å². The van der Waals surface area contributed by atoms with Crippen molar-refractivity contribution < 1.29 is 33.7 Å². The van der Waals surface area contributed by atoms with Crippen molar-refractivity contribution in [2.45, 2.75) is 77.3 Å². The summed E-state index contributed by atoms with van der Waals surface area (Å²) in [6.07, 6.45) is 2.45. The van der Waals surface area contributed by atoms with Gasteiger partial charge >= 0.3 is 12.1 Å². The van der Waals surface area contributed by atoms with Crippen LogP contribution in [0.15, 0.2) is 30.5 Å². The van der Waals surface area contributed by atoms with Gasteiger partial charge in [-0.3, -0.25) is 9.69 Å². The maximum Gasteiger partial charge on any atom is 0.407 e. The first-order valence-corrected chi connectivity index (χ1v) is 12.7. The minimum atomic E-state index is -1.21. The number of carboxylic acids is 1. The second-order valence-corrected chi connectivity index (χ2v) is 10.7. The van der Waals surface area contributed by atoms with E-state index in [4.69, 9.17) is 14.2 Å². The van der Waals surface area contributed by atoms with Crippen LogP contribution in [-0.4, -0.2) is 71.1 Å². The summed E-state index contributed by atoms with van der Waals surface area (Å²) in [5.74, 6) is -1.40. The quantitative estimate of drug-likeness (QED) is 0.625.